The summed E-state index contributed by atoms with van der Waals surface area (Å²) in [5.41, 5.74) is 3.68. The molecule has 0 aliphatic carbocycles. The zero-order valence-corrected chi connectivity index (χ0v) is 19.5. The van der Waals surface area contributed by atoms with Crippen LogP contribution in [0.5, 0.6) is 0 Å². The van der Waals surface area contributed by atoms with Gasteiger partial charge in [-0.05, 0) is 52.1 Å². The summed E-state index contributed by atoms with van der Waals surface area (Å²) >= 11 is 8.00. The van der Waals surface area contributed by atoms with Crippen molar-refractivity contribution >= 4 is 28.6 Å². The number of hydrogen-bond donors (Lipinski definition) is 0. The Morgan fingerprint density at radius 3 is 2.56 bits per heavy atom. The van der Waals surface area contributed by atoms with Crippen molar-refractivity contribution in [1.82, 2.24) is 25.1 Å². The molecule has 6 nitrogen and oxygen atoms in total. The standard InChI is InChI=1S/C24H25ClN6S/c1-18-9-10-20(25)16-22(18)29-11-13-30(14-12-29)23(19-6-3-2-4-7-19)24-26-27-28-31(24)17-21-8-5-15-32-21/h2-10,15-16,23H,11-14,17H2,1H3. The maximum atomic E-state index is 6.28. The summed E-state index contributed by atoms with van der Waals surface area (Å²) < 4.78 is 1.94. The van der Waals surface area contributed by atoms with Gasteiger partial charge in [0.25, 0.3) is 0 Å². The van der Waals surface area contributed by atoms with E-state index in [9.17, 15) is 0 Å². The van der Waals surface area contributed by atoms with Gasteiger partial charge in [-0.1, -0.05) is 54.1 Å². The van der Waals surface area contributed by atoms with E-state index >= 15 is 0 Å². The van der Waals surface area contributed by atoms with Crippen molar-refractivity contribution in [2.45, 2.75) is 19.5 Å². The van der Waals surface area contributed by atoms with Gasteiger partial charge in [0, 0.05) is 41.8 Å². The van der Waals surface area contributed by atoms with E-state index in [1.807, 2.05) is 10.7 Å². The van der Waals surface area contributed by atoms with Crippen LogP contribution in [0.1, 0.15) is 27.9 Å². The lowest BCUT2D eigenvalue weighted by Gasteiger charge is -2.40. The van der Waals surface area contributed by atoms with Gasteiger partial charge in [0.15, 0.2) is 5.82 Å². The van der Waals surface area contributed by atoms with E-state index in [0.717, 1.165) is 37.0 Å². The van der Waals surface area contributed by atoms with Gasteiger partial charge >= 0.3 is 0 Å². The van der Waals surface area contributed by atoms with E-state index in [4.69, 9.17) is 11.6 Å². The molecule has 1 atom stereocenters. The van der Waals surface area contributed by atoms with Gasteiger partial charge in [-0.2, -0.15) is 0 Å². The smallest absolute Gasteiger partial charge is 0.173 e. The summed E-state index contributed by atoms with van der Waals surface area (Å²) in [6, 6.07) is 20.9. The average molecular weight is 465 g/mol. The largest absolute Gasteiger partial charge is 0.369 e. The highest BCUT2D eigenvalue weighted by Crippen LogP contribution is 2.31. The number of piperazine rings is 1. The Morgan fingerprint density at radius 2 is 1.81 bits per heavy atom. The quantitative estimate of drug-likeness (QED) is 0.415. The summed E-state index contributed by atoms with van der Waals surface area (Å²) in [6.45, 7) is 6.51. The van der Waals surface area contributed by atoms with Crippen LogP contribution in [0.15, 0.2) is 66.0 Å². The number of thiophene rings is 1. The summed E-state index contributed by atoms with van der Waals surface area (Å²) in [7, 11) is 0. The molecular weight excluding hydrogens is 440 g/mol. The van der Waals surface area contributed by atoms with E-state index in [-0.39, 0.29) is 6.04 Å². The molecule has 1 aliphatic rings. The minimum atomic E-state index is 0.00812. The van der Waals surface area contributed by atoms with Crippen LogP contribution in [-0.2, 0) is 6.54 Å². The molecule has 0 bridgehead atoms. The molecule has 0 saturated carbocycles. The molecule has 164 valence electrons. The van der Waals surface area contributed by atoms with Gasteiger partial charge in [0.2, 0.25) is 0 Å². The van der Waals surface area contributed by atoms with Crippen molar-refractivity contribution in [3.63, 3.8) is 0 Å². The van der Waals surface area contributed by atoms with Crippen molar-refractivity contribution in [2.24, 2.45) is 0 Å². The first-order valence-corrected chi connectivity index (χ1v) is 12.0. The summed E-state index contributed by atoms with van der Waals surface area (Å²) in [5.74, 6) is 0.886. The minimum Gasteiger partial charge on any atom is -0.369 e. The third kappa shape index (κ3) is 4.41. The lowest BCUT2D eigenvalue weighted by Crippen LogP contribution is -2.48. The number of nitrogens with zero attached hydrogens (tertiary/aromatic N) is 6. The molecule has 3 heterocycles. The Morgan fingerprint density at radius 1 is 1.00 bits per heavy atom. The predicted octanol–water partition coefficient (Wildman–Crippen LogP) is 4.66. The Hall–Kier alpha value is -2.74. The van der Waals surface area contributed by atoms with Crippen molar-refractivity contribution in [3.8, 4) is 0 Å². The summed E-state index contributed by atoms with van der Waals surface area (Å²) in [4.78, 5) is 6.16. The van der Waals surface area contributed by atoms with Crippen LogP contribution in [0.2, 0.25) is 5.02 Å². The molecule has 32 heavy (non-hydrogen) atoms. The van der Waals surface area contributed by atoms with Crippen LogP contribution in [0.3, 0.4) is 0 Å². The number of tetrazole rings is 1. The molecule has 5 rings (SSSR count). The molecule has 0 radical (unpaired) electrons. The summed E-state index contributed by atoms with van der Waals surface area (Å²) in [5, 5.41) is 15.7. The number of benzene rings is 2. The van der Waals surface area contributed by atoms with Gasteiger partial charge in [-0.3, -0.25) is 4.90 Å². The third-order valence-electron chi connectivity index (χ3n) is 6.00. The number of hydrogen-bond acceptors (Lipinski definition) is 6. The number of aromatic nitrogens is 4. The first-order valence-electron chi connectivity index (χ1n) is 10.8. The molecule has 1 unspecified atom stereocenters. The molecular formula is C24H25ClN6S. The van der Waals surface area contributed by atoms with Gasteiger partial charge in [0.05, 0.1) is 12.6 Å². The molecule has 0 N–H and O–H groups in total. The van der Waals surface area contributed by atoms with Crippen molar-refractivity contribution in [1.29, 1.82) is 0 Å². The maximum absolute atomic E-state index is 6.28. The second kappa shape index (κ2) is 9.40. The molecule has 1 saturated heterocycles. The SMILES string of the molecule is Cc1ccc(Cl)cc1N1CCN(C(c2ccccc2)c2nnnn2Cc2cccs2)CC1. The van der Waals surface area contributed by atoms with Gasteiger partial charge in [-0.15, -0.1) is 16.4 Å². The van der Waals surface area contributed by atoms with Crippen LogP contribution in [-0.4, -0.2) is 51.3 Å². The van der Waals surface area contributed by atoms with Crippen LogP contribution >= 0.6 is 22.9 Å². The highest BCUT2D eigenvalue weighted by atomic mass is 35.5. The zero-order chi connectivity index (χ0) is 21.9. The highest BCUT2D eigenvalue weighted by Gasteiger charge is 2.31. The molecule has 2 aromatic carbocycles. The molecule has 8 heteroatoms. The van der Waals surface area contributed by atoms with Gasteiger partial charge in [-0.25, -0.2) is 4.68 Å². The predicted molar refractivity (Wildman–Crippen MR) is 129 cm³/mol. The lowest BCUT2D eigenvalue weighted by molar-refractivity contribution is 0.201. The second-order valence-electron chi connectivity index (χ2n) is 8.04. The van der Waals surface area contributed by atoms with Crippen LogP contribution < -0.4 is 4.90 Å². The first kappa shape index (κ1) is 21.1. The van der Waals surface area contributed by atoms with E-state index in [1.54, 1.807) is 11.3 Å². The monoisotopic (exact) mass is 464 g/mol. The Kier molecular flexibility index (Phi) is 6.21. The molecule has 1 aliphatic heterocycles. The highest BCUT2D eigenvalue weighted by molar-refractivity contribution is 7.09. The summed E-state index contributed by atoms with van der Waals surface area (Å²) in [6.07, 6.45) is 0. The average Bonchev–Trinajstić information content (AvgIpc) is 3.50. The van der Waals surface area contributed by atoms with Gasteiger partial charge < -0.3 is 4.90 Å². The van der Waals surface area contributed by atoms with Crippen molar-refractivity contribution in [3.05, 3.63) is 92.9 Å². The topological polar surface area (TPSA) is 50.1 Å². The van der Waals surface area contributed by atoms with Crippen molar-refractivity contribution < 1.29 is 0 Å². The fourth-order valence-corrected chi connectivity index (χ4v) is 5.23. The van der Waals surface area contributed by atoms with Gasteiger partial charge in [0.1, 0.15) is 0 Å². The van der Waals surface area contributed by atoms with E-state index < -0.39 is 0 Å². The minimum absolute atomic E-state index is 0.00812. The Bertz CT molecular complexity index is 1150. The Labute approximate surface area is 197 Å². The number of aryl methyl sites for hydroxylation is 1. The molecule has 0 amide bonds. The molecule has 4 aromatic rings. The van der Waals surface area contributed by atoms with E-state index in [1.165, 1.54) is 21.7 Å². The fraction of sp³-hybridized carbons (Fsp3) is 0.292. The third-order valence-corrected chi connectivity index (χ3v) is 7.09. The van der Waals surface area contributed by atoms with Crippen LogP contribution in [0.4, 0.5) is 5.69 Å². The Balaban J connectivity index is 1.41. The van der Waals surface area contributed by atoms with E-state index in [0.29, 0.717) is 6.54 Å². The number of halogens is 1. The van der Waals surface area contributed by atoms with Crippen LogP contribution in [0.25, 0.3) is 0 Å². The lowest BCUT2D eigenvalue weighted by atomic mass is 10.0. The zero-order valence-electron chi connectivity index (χ0n) is 17.9. The second-order valence-corrected chi connectivity index (χ2v) is 9.51. The fourth-order valence-electron chi connectivity index (χ4n) is 4.37. The van der Waals surface area contributed by atoms with Crippen LogP contribution in [0, 0.1) is 6.92 Å². The maximum Gasteiger partial charge on any atom is 0.173 e. The molecule has 2 aromatic heterocycles. The number of rotatable bonds is 6. The molecule has 0 spiro atoms. The van der Waals surface area contributed by atoms with E-state index in [2.05, 4.69) is 92.2 Å². The normalized spacial score (nSPS) is 15.8. The first-order chi connectivity index (χ1) is 15.7. The number of anilines is 1. The van der Waals surface area contributed by atoms with Crippen molar-refractivity contribution in [2.75, 3.05) is 31.1 Å². The molecule has 1 fully saturated rings.